The fourth-order valence-corrected chi connectivity index (χ4v) is 2.60. The zero-order chi connectivity index (χ0) is 17.2. The van der Waals surface area contributed by atoms with E-state index in [1.54, 1.807) is 12.1 Å². The number of hydrogen-bond donors (Lipinski definition) is 2. The molecule has 0 spiro atoms. The first-order valence-electron chi connectivity index (χ1n) is 7.21. The zero-order valence-corrected chi connectivity index (χ0v) is 13.2. The van der Waals surface area contributed by atoms with Crippen LogP contribution in [-0.4, -0.2) is 29.7 Å². The summed E-state index contributed by atoms with van der Waals surface area (Å²) in [5.74, 6) is 0.0578. The molecule has 1 aliphatic rings. The fraction of sp³-hybridized carbons (Fsp3) is 0.333. The SMILES string of the molecule is FC(F)(F)c1cnc(Nc2ccc([C@@H]3CNCCO3)c(Cl)c2)nc1. The Morgan fingerprint density at radius 2 is 2.00 bits per heavy atom. The van der Waals surface area contributed by atoms with Crippen LogP contribution in [0.5, 0.6) is 0 Å². The van der Waals surface area contributed by atoms with Crippen LogP contribution in [0.25, 0.3) is 0 Å². The number of aromatic nitrogens is 2. The molecule has 128 valence electrons. The van der Waals surface area contributed by atoms with E-state index >= 15 is 0 Å². The predicted molar refractivity (Wildman–Crippen MR) is 83.3 cm³/mol. The van der Waals surface area contributed by atoms with E-state index in [1.807, 2.05) is 6.07 Å². The lowest BCUT2D eigenvalue weighted by Crippen LogP contribution is -2.33. The van der Waals surface area contributed by atoms with Crippen LogP contribution in [0.15, 0.2) is 30.6 Å². The van der Waals surface area contributed by atoms with Gasteiger partial charge < -0.3 is 15.4 Å². The highest BCUT2D eigenvalue weighted by atomic mass is 35.5. The van der Waals surface area contributed by atoms with Crippen LogP contribution in [0.1, 0.15) is 17.2 Å². The maximum atomic E-state index is 12.5. The summed E-state index contributed by atoms with van der Waals surface area (Å²) in [7, 11) is 0. The van der Waals surface area contributed by atoms with Crippen LogP contribution in [0.3, 0.4) is 0 Å². The van der Waals surface area contributed by atoms with Crippen molar-refractivity contribution < 1.29 is 17.9 Å². The van der Waals surface area contributed by atoms with Crippen LogP contribution in [0.4, 0.5) is 24.8 Å². The van der Waals surface area contributed by atoms with E-state index in [1.165, 1.54) is 0 Å². The van der Waals surface area contributed by atoms with E-state index in [-0.39, 0.29) is 12.1 Å². The van der Waals surface area contributed by atoms with Crippen LogP contribution < -0.4 is 10.6 Å². The second kappa shape index (κ2) is 6.92. The molecular formula is C15H14ClF3N4O. The Morgan fingerprint density at radius 3 is 2.58 bits per heavy atom. The first-order valence-corrected chi connectivity index (χ1v) is 7.59. The molecule has 3 rings (SSSR count). The molecule has 1 aromatic heterocycles. The summed E-state index contributed by atoms with van der Waals surface area (Å²) >= 11 is 6.28. The molecule has 1 saturated heterocycles. The van der Waals surface area contributed by atoms with Gasteiger partial charge in [0.15, 0.2) is 0 Å². The molecule has 2 aromatic rings. The summed E-state index contributed by atoms with van der Waals surface area (Å²) in [6, 6.07) is 5.22. The van der Waals surface area contributed by atoms with Crippen LogP contribution in [0, 0.1) is 0 Å². The minimum absolute atomic E-state index is 0.0578. The molecule has 2 N–H and O–H groups in total. The van der Waals surface area contributed by atoms with Gasteiger partial charge in [0.25, 0.3) is 0 Å². The lowest BCUT2D eigenvalue weighted by atomic mass is 10.1. The third-order valence-corrected chi connectivity index (χ3v) is 3.84. The molecule has 0 amide bonds. The third-order valence-electron chi connectivity index (χ3n) is 3.51. The predicted octanol–water partition coefficient (Wildman–Crippen LogP) is 3.55. The molecule has 1 atom stereocenters. The van der Waals surface area contributed by atoms with Gasteiger partial charge in [-0.25, -0.2) is 9.97 Å². The number of ether oxygens (including phenoxy) is 1. The molecule has 24 heavy (non-hydrogen) atoms. The topological polar surface area (TPSA) is 59.1 Å². The monoisotopic (exact) mass is 358 g/mol. The fourth-order valence-electron chi connectivity index (χ4n) is 2.30. The van der Waals surface area contributed by atoms with Crippen molar-refractivity contribution in [3.8, 4) is 0 Å². The number of nitrogens with zero attached hydrogens (tertiary/aromatic N) is 2. The van der Waals surface area contributed by atoms with E-state index < -0.39 is 11.7 Å². The molecular weight excluding hydrogens is 345 g/mol. The lowest BCUT2D eigenvalue weighted by Gasteiger charge is -2.25. The van der Waals surface area contributed by atoms with E-state index in [4.69, 9.17) is 16.3 Å². The van der Waals surface area contributed by atoms with Gasteiger partial charge in [-0.3, -0.25) is 0 Å². The maximum absolute atomic E-state index is 12.5. The van der Waals surface area contributed by atoms with E-state index in [0.29, 0.717) is 23.9 Å². The van der Waals surface area contributed by atoms with Gasteiger partial charge >= 0.3 is 6.18 Å². The standard InChI is InChI=1S/C15H14ClF3N4O/c16-12-5-10(1-2-11(12)13-8-20-3-4-24-13)23-14-21-6-9(7-22-14)15(17,18)19/h1-2,5-7,13,20H,3-4,8H2,(H,21,22,23)/t13-/m0/s1. The average Bonchev–Trinajstić information content (AvgIpc) is 2.55. The minimum atomic E-state index is -4.46. The molecule has 0 saturated carbocycles. The molecule has 0 unspecified atom stereocenters. The average molecular weight is 359 g/mol. The number of nitrogens with one attached hydrogen (secondary N) is 2. The van der Waals surface area contributed by atoms with Crippen molar-refractivity contribution in [2.24, 2.45) is 0 Å². The van der Waals surface area contributed by atoms with Crippen molar-refractivity contribution in [2.75, 3.05) is 25.0 Å². The van der Waals surface area contributed by atoms with Crippen molar-refractivity contribution in [2.45, 2.75) is 12.3 Å². The highest BCUT2D eigenvalue weighted by Crippen LogP contribution is 2.31. The number of halogens is 4. The van der Waals surface area contributed by atoms with E-state index in [2.05, 4.69) is 20.6 Å². The first-order chi connectivity index (χ1) is 11.4. The van der Waals surface area contributed by atoms with Gasteiger partial charge in [-0.1, -0.05) is 17.7 Å². The summed E-state index contributed by atoms with van der Waals surface area (Å²) in [5.41, 5.74) is 0.526. The quantitative estimate of drug-likeness (QED) is 0.878. The zero-order valence-electron chi connectivity index (χ0n) is 12.4. The third kappa shape index (κ3) is 3.95. The Morgan fingerprint density at radius 1 is 1.25 bits per heavy atom. The smallest absolute Gasteiger partial charge is 0.371 e. The first kappa shape index (κ1) is 16.9. The van der Waals surface area contributed by atoms with Gasteiger partial charge in [0, 0.05) is 41.8 Å². The van der Waals surface area contributed by atoms with Gasteiger partial charge in [-0.2, -0.15) is 13.2 Å². The molecule has 1 aromatic carbocycles. The van der Waals surface area contributed by atoms with Crippen LogP contribution in [0.2, 0.25) is 5.02 Å². The highest BCUT2D eigenvalue weighted by Gasteiger charge is 2.31. The number of hydrogen-bond acceptors (Lipinski definition) is 5. The Labute approximate surface area is 141 Å². The minimum Gasteiger partial charge on any atom is -0.371 e. The summed E-state index contributed by atoms with van der Waals surface area (Å²) < 4.78 is 43.1. The Hall–Kier alpha value is -1.90. The molecule has 0 aliphatic carbocycles. The molecule has 1 fully saturated rings. The number of benzene rings is 1. The normalized spacial score (nSPS) is 18.4. The molecule has 2 heterocycles. The summed E-state index contributed by atoms with van der Waals surface area (Å²) in [6.07, 6.45) is -3.13. The largest absolute Gasteiger partial charge is 0.419 e. The number of rotatable bonds is 3. The van der Waals surface area contributed by atoms with Crippen molar-refractivity contribution in [3.05, 3.63) is 46.7 Å². The van der Waals surface area contributed by atoms with Crippen LogP contribution in [-0.2, 0) is 10.9 Å². The lowest BCUT2D eigenvalue weighted by molar-refractivity contribution is -0.138. The summed E-state index contributed by atoms with van der Waals surface area (Å²) in [5, 5.41) is 6.54. The Balaban J connectivity index is 1.72. The Kier molecular flexibility index (Phi) is 4.88. The van der Waals surface area contributed by atoms with E-state index in [9.17, 15) is 13.2 Å². The van der Waals surface area contributed by atoms with Crippen molar-refractivity contribution in [1.29, 1.82) is 0 Å². The number of morpholine rings is 1. The van der Waals surface area contributed by atoms with Crippen molar-refractivity contribution in [1.82, 2.24) is 15.3 Å². The molecule has 1 aliphatic heterocycles. The van der Waals surface area contributed by atoms with Gasteiger partial charge in [-0.05, 0) is 12.1 Å². The molecule has 9 heteroatoms. The second-order valence-corrected chi connectivity index (χ2v) is 5.63. The molecule has 0 bridgehead atoms. The van der Waals surface area contributed by atoms with Gasteiger partial charge in [0.2, 0.25) is 5.95 Å². The van der Waals surface area contributed by atoms with E-state index in [0.717, 1.165) is 24.5 Å². The van der Waals surface area contributed by atoms with Gasteiger partial charge in [0.05, 0.1) is 18.3 Å². The summed E-state index contributed by atoms with van der Waals surface area (Å²) in [4.78, 5) is 7.32. The van der Waals surface area contributed by atoms with Gasteiger partial charge in [-0.15, -0.1) is 0 Å². The van der Waals surface area contributed by atoms with Gasteiger partial charge in [0.1, 0.15) is 0 Å². The molecule has 5 nitrogen and oxygen atoms in total. The Bertz CT molecular complexity index is 703. The van der Waals surface area contributed by atoms with Crippen LogP contribution >= 0.6 is 11.6 Å². The van der Waals surface area contributed by atoms with Crippen molar-refractivity contribution in [3.63, 3.8) is 0 Å². The number of alkyl halides is 3. The highest BCUT2D eigenvalue weighted by molar-refractivity contribution is 6.31. The van der Waals surface area contributed by atoms with Crippen molar-refractivity contribution >= 4 is 23.2 Å². The maximum Gasteiger partial charge on any atom is 0.419 e. The summed E-state index contributed by atoms with van der Waals surface area (Å²) in [6.45, 7) is 2.09. The molecule has 0 radical (unpaired) electrons. The number of anilines is 2. The second-order valence-electron chi connectivity index (χ2n) is 5.22.